The number of rotatable bonds is 2. The van der Waals surface area contributed by atoms with Gasteiger partial charge in [0, 0.05) is 6.42 Å². The summed E-state index contributed by atoms with van der Waals surface area (Å²) < 4.78 is 5.80. The van der Waals surface area contributed by atoms with Gasteiger partial charge in [0.1, 0.15) is 0 Å². The van der Waals surface area contributed by atoms with Gasteiger partial charge in [-0.1, -0.05) is 6.92 Å². The third-order valence-corrected chi connectivity index (χ3v) is 2.76. The summed E-state index contributed by atoms with van der Waals surface area (Å²) in [5.41, 5.74) is 0. The standard InChI is InChI=1S/C7H7BrO2S/c1-2-6(9)10-7-5(8)3-4-11-7/h3-4H,2H2,1H3. The number of carbonyl (C=O) groups is 1. The largest absolute Gasteiger partial charge is 0.414 e. The number of hydrogen-bond acceptors (Lipinski definition) is 3. The van der Waals surface area contributed by atoms with Crippen molar-refractivity contribution in [2.75, 3.05) is 0 Å². The molecule has 0 spiro atoms. The van der Waals surface area contributed by atoms with E-state index in [9.17, 15) is 4.79 Å². The highest BCUT2D eigenvalue weighted by Gasteiger charge is 2.05. The number of halogens is 1. The molecule has 11 heavy (non-hydrogen) atoms. The highest BCUT2D eigenvalue weighted by atomic mass is 79.9. The molecule has 0 atom stereocenters. The van der Waals surface area contributed by atoms with Crippen molar-refractivity contribution in [1.82, 2.24) is 0 Å². The molecule has 1 aromatic heterocycles. The Balaban J connectivity index is 2.64. The second-order valence-electron chi connectivity index (χ2n) is 1.88. The Morgan fingerprint density at radius 2 is 2.55 bits per heavy atom. The summed E-state index contributed by atoms with van der Waals surface area (Å²) in [7, 11) is 0. The molecule has 0 saturated heterocycles. The number of hydrogen-bond donors (Lipinski definition) is 0. The highest BCUT2D eigenvalue weighted by molar-refractivity contribution is 9.10. The Bertz CT molecular complexity index is 257. The molecule has 0 aliphatic rings. The molecule has 1 rings (SSSR count). The lowest BCUT2D eigenvalue weighted by Crippen LogP contribution is -2.04. The summed E-state index contributed by atoms with van der Waals surface area (Å²) in [6.07, 6.45) is 0.407. The normalized spacial score (nSPS) is 9.64. The first-order valence-electron chi connectivity index (χ1n) is 3.17. The van der Waals surface area contributed by atoms with Crippen molar-refractivity contribution in [3.05, 3.63) is 15.9 Å². The molecule has 0 aromatic carbocycles. The van der Waals surface area contributed by atoms with E-state index in [0.717, 1.165) is 4.47 Å². The fraction of sp³-hybridized carbons (Fsp3) is 0.286. The molecule has 0 N–H and O–H groups in total. The molecule has 4 heteroatoms. The zero-order chi connectivity index (χ0) is 8.27. The van der Waals surface area contributed by atoms with Crippen LogP contribution in [0, 0.1) is 0 Å². The summed E-state index contributed by atoms with van der Waals surface area (Å²) in [5.74, 6) is -0.201. The monoisotopic (exact) mass is 234 g/mol. The van der Waals surface area contributed by atoms with Gasteiger partial charge in [-0.25, -0.2) is 0 Å². The van der Waals surface area contributed by atoms with Gasteiger partial charge in [-0.3, -0.25) is 4.79 Å². The minimum atomic E-state index is -0.201. The van der Waals surface area contributed by atoms with Gasteiger partial charge in [0.15, 0.2) is 5.06 Å². The maximum Gasteiger partial charge on any atom is 0.311 e. The van der Waals surface area contributed by atoms with E-state index in [-0.39, 0.29) is 5.97 Å². The Morgan fingerprint density at radius 3 is 3.00 bits per heavy atom. The number of carbonyl (C=O) groups excluding carboxylic acids is 1. The lowest BCUT2D eigenvalue weighted by atomic mass is 10.5. The first-order valence-corrected chi connectivity index (χ1v) is 4.85. The van der Waals surface area contributed by atoms with Crippen molar-refractivity contribution in [3.8, 4) is 5.06 Å². The Morgan fingerprint density at radius 1 is 1.82 bits per heavy atom. The van der Waals surface area contributed by atoms with Crippen LogP contribution >= 0.6 is 27.3 Å². The minimum Gasteiger partial charge on any atom is -0.414 e. The first-order chi connectivity index (χ1) is 5.24. The Kier molecular flexibility index (Phi) is 3.08. The van der Waals surface area contributed by atoms with Crippen LogP contribution in [-0.4, -0.2) is 5.97 Å². The van der Waals surface area contributed by atoms with Crippen LogP contribution in [0.25, 0.3) is 0 Å². The second kappa shape index (κ2) is 3.88. The lowest BCUT2D eigenvalue weighted by molar-refractivity contribution is -0.133. The van der Waals surface area contributed by atoms with Crippen molar-refractivity contribution in [3.63, 3.8) is 0 Å². The first kappa shape index (κ1) is 8.74. The molecule has 0 aliphatic carbocycles. The summed E-state index contributed by atoms with van der Waals surface area (Å²) in [6.45, 7) is 1.77. The van der Waals surface area contributed by atoms with Crippen LogP contribution in [0.2, 0.25) is 0 Å². The molecule has 0 unspecified atom stereocenters. The van der Waals surface area contributed by atoms with E-state index in [4.69, 9.17) is 4.74 Å². The predicted octanol–water partition coefficient (Wildman–Crippen LogP) is 2.83. The summed E-state index contributed by atoms with van der Waals surface area (Å²) in [6, 6.07) is 1.85. The quantitative estimate of drug-likeness (QED) is 0.736. The van der Waals surface area contributed by atoms with Gasteiger partial charge in [0.2, 0.25) is 0 Å². The van der Waals surface area contributed by atoms with Crippen molar-refractivity contribution in [2.24, 2.45) is 0 Å². The van der Waals surface area contributed by atoms with Gasteiger partial charge in [0.05, 0.1) is 4.47 Å². The summed E-state index contributed by atoms with van der Waals surface area (Å²) in [4.78, 5) is 10.8. The topological polar surface area (TPSA) is 26.3 Å². The molecular weight excluding hydrogens is 228 g/mol. The predicted molar refractivity (Wildman–Crippen MR) is 47.9 cm³/mol. The maximum absolute atomic E-state index is 10.8. The number of ether oxygens (including phenoxy) is 1. The molecule has 0 fully saturated rings. The van der Waals surface area contributed by atoms with Gasteiger partial charge < -0.3 is 4.74 Å². The third kappa shape index (κ3) is 2.31. The van der Waals surface area contributed by atoms with Crippen molar-refractivity contribution in [1.29, 1.82) is 0 Å². The van der Waals surface area contributed by atoms with E-state index in [0.29, 0.717) is 11.5 Å². The van der Waals surface area contributed by atoms with Crippen LogP contribution in [0.5, 0.6) is 5.06 Å². The van der Waals surface area contributed by atoms with Crippen molar-refractivity contribution in [2.45, 2.75) is 13.3 Å². The van der Waals surface area contributed by atoms with Crippen molar-refractivity contribution >= 4 is 33.2 Å². The molecule has 0 saturated carbocycles. The molecule has 0 amide bonds. The molecule has 2 nitrogen and oxygen atoms in total. The fourth-order valence-corrected chi connectivity index (χ4v) is 1.85. The maximum atomic E-state index is 10.8. The number of thiophene rings is 1. The summed E-state index contributed by atoms with van der Waals surface area (Å²) >= 11 is 4.66. The third-order valence-electron chi connectivity index (χ3n) is 1.08. The number of esters is 1. The van der Waals surface area contributed by atoms with E-state index in [2.05, 4.69) is 15.9 Å². The van der Waals surface area contributed by atoms with Crippen LogP contribution in [0.1, 0.15) is 13.3 Å². The van der Waals surface area contributed by atoms with Crippen LogP contribution in [-0.2, 0) is 4.79 Å². The zero-order valence-corrected chi connectivity index (χ0v) is 8.37. The Labute approximate surface area is 77.3 Å². The average molecular weight is 235 g/mol. The molecule has 60 valence electrons. The molecule has 0 aliphatic heterocycles. The highest BCUT2D eigenvalue weighted by Crippen LogP contribution is 2.31. The average Bonchev–Trinajstić information content (AvgIpc) is 2.37. The van der Waals surface area contributed by atoms with Crippen LogP contribution in [0.15, 0.2) is 15.9 Å². The smallest absolute Gasteiger partial charge is 0.311 e. The molecule has 0 radical (unpaired) electrons. The van der Waals surface area contributed by atoms with E-state index in [1.54, 1.807) is 6.92 Å². The van der Waals surface area contributed by atoms with Crippen molar-refractivity contribution < 1.29 is 9.53 Å². The lowest BCUT2D eigenvalue weighted by Gasteiger charge is -1.97. The van der Waals surface area contributed by atoms with E-state index >= 15 is 0 Å². The molecule has 1 heterocycles. The second-order valence-corrected chi connectivity index (χ2v) is 3.62. The SMILES string of the molecule is CCC(=O)Oc1sccc1Br. The van der Waals surface area contributed by atoms with Gasteiger partial charge in [-0.15, -0.1) is 11.3 Å². The van der Waals surface area contributed by atoms with Gasteiger partial charge in [0.25, 0.3) is 0 Å². The van der Waals surface area contributed by atoms with Crippen LogP contribution in [0.4, 0.5) is 0 Å². The minimum absolute atomic E-state index is 0.201. The molecule has 1 aromatic rings. The van der Waals surface area contributed by atoms with Gasteiger partial charge >= 0.3 is 5.97 Å². The van der Waals surface area contributed by atoms with E-state index < -0.39 is 0 Å². The van der Waals surface area contributed by atoms with E-state index in [1.807, 2.05) is 11.4 Å². The van der Waals surface area contributed by atoms with Crippen LogP contribution in [0.3, 0.4) is 0 Å². The van der Waals surface area contributed by atoms with Gasteiger partial charge in [-0.05, 0) is 27.4 Å². The fourth-order valence-electron chi connectivity index (χ4n) is 0.528. The van der Waals surface area contributed by atoms with E-state index in [1.165, 1.54) is 11.3 Å². The van der Waals surface area contributed by atoms with Gasteiger partial charge in [-0.2, -0.15) is 0 Å². The summed E-state index contributed by atoms with van der Waals surface area (Å²) in [5, 5.41) is 2.50. The molecule has 0 bridgehead atoms. The zero-order valence-electron chi connectivity index (χ0n) is 5.96. The molecular formula is C7H7BrO2S. The Hall–Kier alpha value is -0.350. The van der Waals surface area contributed by atoms with Crippen LogP contribution < -0.4 is 4.74 Å².